The van der Waals surface area contributed by atoms with E-state index in [1.165, 1.54) is 11.8 Å². The number of primary amides is 1. The molecule has 0 fully saturated rings. The average Bonchev–Trinajstić information content (AvgIpc) is 2.68. The summed E-state index contributed by atoms with van der Waals surface area (Å²) < 4.78 is 0. The fraction of sp³-hybridized carbons (Fsp3) is 0.684. The predicted molar refractivity (Wildman–Crippen MR) is 120 cm³/mol. The molecule has 0 aromatic carbocycles. The summed E-state index contributed by atoms with van der Waals surface area (Å²) in [6.07, 6.45) is 0.722. The number of nitrogens with two attached hydrogens (primary N) is 2. The van der Waals surface area contributed by atoms with E-state index in [-0.39, 0.29) is 18.8 Å². The largest absolute Gasteiger partial charge is 0.481 e. The number of amides is 4. The van der Waals surface area contributed by atoms with Gasteiger partial charge in [0.25, 0.3) is 0 Å². The van der Waals surface area contributed by atoms with Gasteiger partial charge >= 0.3 is 11.9 Å². The first kappa shape index (κ1) is 30.1. The van der Waals surface area contributed by atoms with Crippen LogP contribution in [-0.4, -0.2) is 82.0 Å². The molecule has 0 bridgehead atoms. The van der Waals surface area contributed by atoms with Gasteiger partial charge in [-0.05, 0) is 30.8 Å². The number of carboxylic acid groups (broad SMARTS) is 2. The van der Waals surface area contributed by atoms with E-state index in [1.807, 2.05) is 0 Å². The third-order valence-corrected chi connectivity index (χ3v) is 4.98. The Kier molecular flexibility index (Phi) is 13.7. The Bertz CT molecular complexity index is 733. The monoisotopic (exact) mass is 491 g/mol. The van der Waals surface area contributed by atoms with Crippen LogP contribution in [0.3, 0.4) is 0 Å². The summed E-state index contributed by atoms with van der Waals surface area (Å²) in [6.45, 7) is 3.50. The Labute approximate surface area is 195 Å². The molecule has 9 N–H and O–H groups in total. The summed E-state index contributed by atoms with van der Waals surface area (Å²) >= 11 is 1.37. The standard InChI is InChI=1S/C19H33N5O8S/c1-9(2)6-13(19(31)32)24-18(30)12(8-15(26)27)23-17(29)11(4-5-33-3)22-16(28)10(20)7-14(21)25/h9-13H,4-8,20H2,1-3H3,(H2,21,25)(H,22,28)(H,23,29)(H,24,30)(H,26,27)(H,31,32). The van der Waals surface area contributed by atoms with Crippen molar-refractivity contribution in [2.24, 2.45) is 17.4 Å². The second-order valence-corrected chi connectivity index (χ2v) is 8.79. The molecular formula is C19H33N5O8S. The molecule has 188 valence electrons. The van der Waals surface area contributed by atoms with Crippen molar-refractivity contribution < 1.29 is 39.0 Å². The lowest BCUT2D eigenvalue weighted by Gasteiger charge is -2.24. The summed E-state index contributed by atoms with van der Waals surface area (Å²) in [5, 5.41) is 25.3. The van der Waals surface area contributed by atoms with Gasteiger partial charge in [0.1, 0.15) is 18.1 Å². The number of aliphatic carboxylic acids is 2. The molecule has 0 radical (unpaired) electrons. The van der Waals surface area contributed by atoms with E-state index in [1.54, 1.807) is 20.1 Å². The van der Waals surface area contributed by atoms with E-state index in [4.69, 9.17) is 16.6 Å². The van der Waals surface area contributed by atoms with E-state index in [9.17, 15) is 33.9 Å². The van der Waals surface area contributed by atoms with Crippen molar-refractivity contribution in [1.82, 2.24) is 16.0 Å². The normalized spacial score (nSPS) is 14.5. The average molecular weight is 492 g/mol. The summed E-state index contributed by atoms with van der Waals surface area (Å²) in [7, 11) is 0. The fourth-order valence-corrected chi connectivity index (χ4v) is 3.19. The van der Waals surface area contributed by atoms with Crippen LogP contribution >= 0.6 is 11.8 Å². The lowest BCUT2D eigenvalue weighted by atomic mass is 10.0. The minimum atomic E-state index is -1.59. The van der Waals surface area contributed by atoms with Gasteiger partial charge in [0.05, 0.1) is 18.9 Å². The molecule has 0 heterocycles. The maximum Gasteiger partial charge on any atom is 0.326 e. The zero-order chi connectivity index (χ0) is 25.7. The highest BCUT2D eigenvalue weighted by atomic mass is 32.2. The first-order valence-corrected chi connectivity index (χ1v) is 11.6. The number of carboxylic acids is 2. The molecule has 0 aliphatic carbocycles. The Morgan fingerprint density at radius 3 is 1.82 bits per heavy atom. The number of thioether (sulfide) groups is 1. The predicted octanol–water partition coefficient (Wildman–Crippen LogP) is -2.00. The SMILES string of the molecule is CSCCC(NC(=O)C(N)CC(N)=O)C(=O)NC(CC(=O)O)C(=O)NC(CC(C)C)C(=O)O. The van der Waals surface area contributed by atoms with Crippen molar-refractivity contribution >= 4 is 47.3 Å². The molecule has 0 saturated carbocycles. The highest BCUT2D eigenvalue weighted by Gasteiger charge is 2.31. The van der Waals surface area contributed by atoms with Crippen molar-refractivity contribution in [3.8, 4) is 0 Å². The molecule has 13 nitrogen and oxygen atoms in total. The van der Waals surface area contributed by atoms with Gasteiger partial charge in [0.15, 0.2) is 0 Å². The van der Waals surface area contributed by atoms with Gasteiger partial charge in [-0.3, -0.25) is 24.0 Å². The van der Waals surface area contributed by atoms with Crippen LogP contribution in [0.5, 0.6) is 0 Å². The molecule has 4 amide bonds. The quantitative estimate of drug-likeness (QED) is 0.125. The second kappa shape index (κ2) is 15.1. The smallest absolute Gasteiger partial charge is 0.326 e. The molecule has 14 heteroatoms. The van der Waals surface area contributed by atoms with Gasteiger partial charge in [-0.25, -0.2) is 4.79 Å². The zero-order valence-corrected chi connectivity index (χ0v) is 19.6. The van der Waals surface area contributed by atoms with Crippen LogP contribution in [0.25, 0.3) is 0 Å². The number of hydrogen-bond acceptors (Lipinski definition) is 8. The van der Waals surface area contributed by atoms with Crippen molar-refractivity contribution in [2.75, 3.05) is 12.0 Å². The third kappa shape index (κ3) is 12.7. The van der Waals surface area contributed by atoms with Crippen molar-refractivity contribution in [1.29, 1.82) is 0 Å². The molecular weight excluding hydrogens is 458 g/mol. The summed E-state index contributed by atoms with van der Waals surface area (Å²) in [5.41, 5.74) is 10.6. The summed E-state index contributed by atoms with van der Waals surface area (Å²) in [5.74, 6) is -5.83. The molecule has 0 aliphatic heterocycles. The van der Waals surface area contributed by atoms with Crippen LogP contribution in [0, 0.1) is 5.92 Å². The molecule has 0 aromatic heterocycles. The van der Waals surface area contributed by atoms with Gasteiger partial charge in [-0.2, -0.15) is 11.8 Å². The summed E-state index contributed by atoms with van der Waals surface area (Å²) in [6, 6.07) is -5.34. The number of hydrogen-bond donors (Lipinski definition) is 7. The molecule has 0 aliphatic rings. The van der Waals surface area contributed by atoms with E-state index < -0.39 is 72.6 Å². The Morgan fingerprint density at radius 1 is 0.848 bits per heavy atom. The van der Waals surface area contributed by atoms with Crippen molar-refractivity contribution in [3.63, 3.8) is 0 Å². The highest BCUT2D eigenvalue weighted by Crippen LogP contribution is 2.07. The minimum Gasteiger partial charge on any atom is -0.481 e. The van der Waals surface area contributed by atoms with E-state index >= 15 is 0 Å². The number of carbonyl (C=O) groups excluding carboxylic acids is 4. The lowest BCUT2D eigenvalue weighted by molar-refractivity contribution is -0.144. The number of carbonyl (C=O) groups is 6. The van der Waals surface area contributed by atoms with Gasteiger partial charge < -0.3 is 37.6 Å². The first-order valence-electron chi connectivity index (χ1n) is 10.2. The Morgan fingerprint density at radius 2 is 1.36 bits per heavy atom. The van der Waals surface area contributed by atoms with Crippen molar-refractivity contribution in [3.05, 3.63) is 0 Å². The van der Waals surface area contributed by atoms with Crippen molar-refractivity contribution in [2.45, 2.75) is 63.7 Å². The molecule has 0 saturated heterocycles. The van der Waals surface area contributed by atoms with E-state index in [0.717, 1.165) is 0 Å². The van der Waals surface area contributed by atoms with Crippen LogP contribution in [0.4, 0.5) is 0 Å². The highest BCUT2D eigenvalue weighted by molar-refractivity contribution is 7.98. The fourth-order valence-electron chi connectivity index (χ4n) is 2.71. The van der Waals surface area contributed by atoms with Gasteiger partial charge in [0, 0.05) is 0 Å². The molecule has 0 rings (SSSR count). The first-order chi connectivity index (χ1) is 15.3. The molecule has 4 atom stereocenters. The second-order valence-electron chi connectivity index (χ2n) is 7.81. The Hall–Kier alpha value is -2.87. The molecule has 0 aromatic rings. The maximum absolute atomic E-state index is 12.8. The van der Waals surface area contributed by atoms with E-state index in [2.05, 4.69) is 16.0 Å². The van der Waals surface area contributed by atoms with Crippen LogP contribution in [-0.2, 0) is 28.8 Å². The maximum atomic E-state index is 12.8. The van der Waals surface area contributed by atoms with Crippen LogP contribution in [0.1, 0.15) is 39.5 Å². The topological polar surface area (TPSA) is 231 Å². The Balaban J connectivity index is 5.49. The molecule has 0 spiro atoms. The van der Waals surface area contributed by atoms with Crippen LogP contribution in [0.15, 0.2) is 0 Å². The summed E-state index contributed by atoms with van der Waals surface area (Å²) in [4.78, 5) is 71.2. The van der Waals surface area contributed by atoms with E-state index in [0.29, 0.717) is 5.75 Å². The van der Waals surface area contributed by atoms with Gasteiger partial charge in [-0.15, -0.1) is 0 Å². The van der Waals surface area contributed by atoms with Gasteiger partial charge in [0.2, 0.25) is 23.6 Å². The van der Waals surface area contributed by atoms with Crippen LogP contribution in [0.2, 0.25) is 0 Å². The third-order valence-electron chi connectivity index (χ3n) is 4.33. The minimum absolute atomic E-state index is 0.0744. The lowest BCUT2D eigenvalue weighted by Crippen LogP contribution is -2.57. The molecule has 4 unspecified atom stereocenters. The number of nitrogens with one attached hydrogen (secondary N) is 3. The number of rotatable bonds is 16. The molecule has 33 heavy (non-hydrogen) atoms. The zero-order valence-electron chi connectivity index (χ0n) is 18.8. The van der Waals surface area contributed by atoms with Gasteiger partial charge in [-0.1, -0.05) is 13.8 Å². The van der Waals surface area contributed by atoms with Crippen LogP contribution < -0.4 is 27.4 Å².